The lowest BCUT2D eigenvalue weighted by Gasteiger charge is -2.38. The standard InChI is InChI=1S/C28H33N5O/c34-28(33-19-17-31(18-20-33)14-11-23-7-3-1-4-8-23)25-12-15-32(16-13-25)27-21-26(29-22-30-27)24-9-5-2-6-10-24/h1-10,21-22,25H,11-20H2. The van der Waals surface area contributed by atoms with Crippen molar-refractivity contribution < 1.29 is 4.79 Å². The number of nitrogens with zero attached hydrogens (tertiary/aromatic N) is 5. The van der Waals surface area contributed by atoms with Crippen LogP contribution >= 0.6 is 0 Å². The Morgan fingerprint density at radius 3 is 2.21 bits per heavy atom. The molecular weight excluding hydrogens is 422 g/mol. The molecule has 0 unspecified atom stereocenters. The normalized spacial score (nSPS) is 17.6. The first-order chi connectivity index (χ1) is 16.8. The number of benzene rings is 2. The van der Waals surface area contributed by atoms with Crippen LogP contribution in [0, 0.1) is 5.92 Å². The number of amides is 1. The Kier molecular flexibility index (Phi) is 7.15. The van der Waals surface area contributed by atoms with Crippen LogP contribution in [0.4, 0.5) is 5.82 Å². The van der Waals surface area contributed by atoms with Crippen LogP contribution in [0.5, 0.6) is 0 Å². The molecule has 0 saturated carbocycles. The Morgan fingerprint density at radius 1 is 0.824 bits per heavy atom. The SMILES string of the molecule is O=C(C1CCN(c2cc(-c3ccccc3)ncn2)CC1)N1CCN(CCc2ccccc2)CC1. The van der Waals surface area contributed by atoms with Gasteiger partial charge in [0.2, 0.25) is 5.91 Å². The summed E-state index contributed by atoms with van der Waals surface area (Å²) in [6, 6.07) is 22.9. The molecule has 2 aromatic carbocycles. The van der Waals surface area contributed by atoms with Gasteiger partial charge in [-0.1, -0.05) is 60.7 Å². The Morgan fingerprint density at radius 2 is 1.50 bits per heavy atom. The third-order valence-electron chi connectivity index (χ3n) is 7.13. The number of hydrogen-bond acceptors (Lipinski definition) is 5. The zero-order valence-corrected chi connectivity index (χ0v) is 19.7. The summed E-state index contributed by atoms with van der Waals surface area (Å²) in [5.41, 5.74) is 3.42. The lowest BCUT2D eigenvalue weighted by Crippen LogP contribution is -2.52. The van der Waals surface area contributed by atoms with Crippen LogP contribution in [0.15, 0.2) is 73.1 Å². The van der Waals surface area contributed by atoms with Gasteiger partial charge in [0.15, 0.2) is 0 Å². The van der Waals surface area contributed by atoms with Gasteiger partial charge in [-0.3, -0.25) is 9.69 Å². The predicted molar refractivity (Wildman–Crippen MR) is 136 cm³/mol. The average molecular weight is 456 g/mol. The molecule has 0 N–H and O–H groups in total. The summed E-state index contributed by atoms with van der Waals surface area (Å²) >= 11 is 0. The molecule has 0 radical (unpaired) electrons. The van der Waals surface area contributed by atoms with Crippen LogP contribution in [0.3, 0.4) is 0 Å². The number of aromatic nitrogens is 2. The number of carbonyl (C=O) groups excluding carboxylic acids is 1. The van der Waals surface area contributed by atoms with E-state index in [-0.39, 0.29) is 5.92 Å². The van der Waals surface area contributed by atoms with Crippen LogP contribution in [-0.4, -0.2) is 71.5 Å². The first-order valence-electron chi connectivity index (χ1n) is 12.4. The Balaban J connectivity index is 1.09. The molecule has 34 heavy (non-hydrogen) atoms. The largest absolute Gasteiger partial charge is 0.356 e. The first-order valence-corrected chi connectivity index (χ1v) is 12.4. The van der Waals surface area contributed by atoms with E-state index in [1.807, 2.05) is 18.2 Å². The Hall–Kier alpha value is -3.25. The molecule has 2 aliphatic rings. The average Bonchev–Trinajstić information content (AvgIpc) is 2.93. The molecule has 176 valence electrons. The van der Waals surface area contributed by atoms with E-state index >= 15 is 0 Å². The van der Waals surface area contributed by atoms with Crippen molar-refractivity contribution in [2.45, 2.75) is 19.3 Å². The monoisotopic (exact) mass is 455 g/mol. The van der Waals surface area contributed by atoms with Crippen molar-refractivity contribution in [1.29, 1.82) is 0 Å². The van der Waals surface area contributed by atoms with Crippen molar-refractivity contribution in [3.8, 4) is 11.3 Å². The van der Waals surface area contributed by atoms with Gasteiger partial charge in [-0.2, -0.15) is 0 Å². The molecule has 0 aliphatic carbocycles. The topological polar surface area (TPSA) is 52.6 Å². The van der Waals surface area contributed by atoms with E-state index in [1.54, 1.807) is 6.33 Å². The van der Waals surface area contributed by atoms with Crippen molar-refractivity contribution in [3.05, 3.63) is 78.6 Å². The number of anilines is 1. The zero-order valence-electron chi connectivity index (χ0n) is 19.7. The fourth-order valence-corrected chi connectivity index (χ4v) is 5.02. The summed E-state index contributed by atoms with van der Waals surface area (Å²) < 4.78 is 0. The maximum atomic E-state index is 13.2. The van der Waals surface area contributed by atoms with E-state index in [9.17, 15) is 4.79 Å². The molecule has 2 fully saturated rings. The summed E-state index contributed by atoms with van der Waals surface area (Å²) in [4.78, 5) is 29.0. The molecule has 0 bridgehead atoms. The molecule has 2 saturated heterocycles. The van der Waals surface area contributed by atoms with Gasteiger partial charge in [0, 0.05) is 63.4 Å². The van der Waals surface area contributed by atoms with Crippen molar-refractivity contribution >= 4 is 11.7 Å². The van der Waals surface area contributed by atoms with Gasteiger partial charge in [0.05, 0.1) is 5.69 Å². The van der Waals surface area contributed by atoms with Crippen LogP contribution < -0.4 is 4.90 Å². The van der Waals surface area contributed by atoms with Gasteiger partial charge >= 0.3 is 0 Å². The highest BCUT2D eigenvalue weighted by Crippen LogP contribution is 2.26. The molecule has 3 heterocycles. The smallest absolute Gasteiger partial charge is 0.225 e. The third-order valence-corrected chi connectivity index (χ3v) is 7.13. The van der Waals surface area contributed by atoms with E-state index in [4.69, 9.17) is 0 Å². The summed E-state index contributed by atoms with van der Waals surface area (Å²) in [5.74, 6) is 1.42. The van der Waals surface area contributed by atoms with Crippen LogP contribution in [0.2, 0.25) is 0 Å². The maximum absolute atomic E-state index is 13.2. The number of rotatable bonds is 6. The summed E-state index contributed by atoms with van der Waals surface area (Å²) in [5, 5.41) is 0. The van der Waals surface area contributed by atoms with Crippen molar-refractivity contribution in [3.63, 3.8) is 0 Å². The number of hydrogen-bond donors (Lipinski definition) is 0. The van der Waals surface area contributed by atoms with Crippen molar-refractivity contribution in [2.75, 3.05) is 50.7 Å². The quantitative estimate of drug-likeness (QED) is 0.567. The van der Waals surface area contributed by atoms with Crippen LogP contribution in [-0.2, 0) is 11.2 Å². The molecule has 1 amide bonds. The van der Waals surface area contributed by atoms with Gasteiger partial charge in [-0.05, 0) is 24.8 Å². The second-order valence-electron chi connectivity index (χ2n) is 9.29. The third kappa shape index (κ3) is 5.45. The second-order valence-corrected chi connectivity index (χ2v) is 9.29. The van der Waals surface area contributed by atoms with Gasteiger partial charge in [0.25, 0.3) is 0 Å². The lowest BCUT2D eigenvalue weighted by atomic mass is 9.95. The van der Waals surface area contributed by atoms with E-state index in [0.29, 0.717) is 5.91 Å². The molecule has 2 aliphatic heterocycles. The maximum Gasteiger partial charge on any atom is 0.225 e. The van der Waals surface area contributed by atoms with Crippen molar-refractivity contribution in [2.24, 2.45) is 5.92 Å². The fourth-order valence-electron chi connectivity index (χ4n) is 5.02. The highest BCUT2D eigenvalue weighted by Gasteiger charge is 2.30. The first kappa shape index (κ1) is 22.5. The van der Waals surface area contributed by atoms with E-state index in [2.05, 4.69) is 73.2 Å². The minimum absolute atomic E-state index is 0.127. The minimum Gasteiger partial charge on any atom is -0.356 e. The number of piperidine rings is 1. The minimum atomic E-state index is 0.127. The summed E-state index contributed by atoms with van der Waals surface area (Å²) in [7, 11) is 0. The zero-order chi connectivity index (χ0) is 23.2. The van der Waals surface area contributed by atoms with Gasteiger partial charge in [0.1, 0.15) is 12.1 Å². The highest BCUT2D eigenvalue weighted by molar-refractivity contribution is 5.79. The molecular formula is C28H33N5O. The van der Waals surface area contributed by atoms with Gasteiger partial charge < -0.3 is 9.80 Å². The van der Waals surface area contributed by atoms with Crippen molar-refractivity contribution in [1.82, 2.24) is 19.8 Å². The molecule has 3 aromatic rings. The number of carbonyl (C=O) groups is 1. The lowest BCUT2D eigenvalue weighted by molar-refractivity contribution is -0.138. The van der Waals surface area contributed by atoms with E-state index < -0.39 is 0 Å². The van der Waals surface area contributed by atoms with Crippen LogP contribution in [0.1, 0.15) is 18.4 Å². The molecule has 1 aromatic heterocycles. The molecule has 6 heteroatoms. The summed E-state index contributed by atoms with van der Waals surface area (Å²) in [6.07, 6.45) is 4.49. The predicted octanol–water partition coefficient (Wildman–Crippen LogP) is 3.75. The fraction of sp³-hybridized carbons (Fsp3) is 0.393. The Bertz CT molecular complexity index is 1060. The van der Waals surface area contributed by atoms with E-state index in [0.717, 1.165) is 82.2 Å². The molecule has 6 nitrogen and oxygen atoms in total. The van der Waals surface area contributed by atoms with Gasteiger partial charge in [-0.25, -0.2) is 9.97 Å². The molecule has 0 atom stereocenters. The molecule has 0 spiro atoms. The van der Waals surface area contributed by atoms with Crippen LogP contribution in [0.25, 0.3) is 11.3 Å². The summed E-state index contributed by atoms with van der Waals surface area (Å²) in [6.45, 7) is 6.42. The second kappa shape index (κ2) is 10.8. The molecule has 5 rings (SSSR count). The van der Waals surface area contributed by atoms with E-state index in [1.165, 1.54) is 5.56 Å². The number of piperazine rings is 1. The Labute approximate surface area is 202 Å². The highest BCUT2D eigenvalue weighted by atomic mass is 16.2. The van der Waals surface area contributed by atoms with Gasteiger partial charge in [-0.15, -0.1) is 0 Å².